The van der Waals surface area contributed by atoms with Gasteiger partial charge in [0.05, 0.1) is 0 Å². The summed E-state index contributed by atoms with van der Waals surface area (Å²) in [5.41, 5.74) is 8.25. The highest BCUT2D eigenvalue weighted by molar-refractivity contribution is 9.10. The van der Waals surface area contributed by atoms with Gasteiger partial charge < -0.3 is 5.73 Å². The number of aryl methyl sites for hydroxylation is 1. The average Bonchev–Trinajstić information content (AvgIpc) is 2.34. The number of carbonyl (C=O) groups is 1. The Morgan fingerprint density at radius 1 is 1.22 bits per heavy atom. The van der Waals surface area contributed by atoms with E-state index in [1.807, 2.05) is 19.1 Å². The van der Waals surface area contributed by atoms with Crippen LogP contribution in [0.25, 0.3) is 0 Å². The molecule has 0 bridgehead atoms. The Morgan fingerprint density at radius 2 is 1.83 bits per heavy atom. The molecule has 0 amide bonds. The number of rotatable bonds is 2. The molecule has 0 spiro atoms. The van der Waals surface area contributed by atoms with Crippen LogP contribution in [0.1, 0.15) is 21.5 Å². The molecule has 0 aromatic heterocycles. The van der Waals surface area contributed by atoms with Crippen LogP contribution in [0.5, 0.6) is 0 Å². The zero-order valence-corrected chi connectivity index (χ0v) is 12.0. The fourth-order valence-corrected chi connectivity index (χ4v) is 2.24. The Labute approximate surface area is 119 Å². The molecule has 18 heavy (non-hydrogen) atoms. The van der Waals surface area contributed by atoms with Crippen LogP contribution in [-0.4, -0.2) is 5.78 Å². The zero-order chi connectivity index (χ0) is 13.3. The Kier molecular flexibility index (Phi) is 3.73. The highest BCUT2D eigenvalue weighted by atomic mass is 79.9. The first kappa shape index (κ1) is 13.1. The predicted octanol–water partition coefficient (Wildman–Crippen LogP) is 4.22. The topological polar surface area (TPSA) is 43.1 Å². The third-order valence-corrected chi connectivity index (χ3v) is 3.45. The number of nitrogens with two attached hydrogens (primary N) is 1. The van der Waals surface area contributed by atoms with Crippen molar-refractivity contribution >= 4 is 39.0 Å². The summed E-state index contributed by atoms with van der Waals surface area (Å²) in [5.74, 6) is -0.120. The predicted molar refractivity (Wildman–Crippen MR) is 78.2 cm³/mol. The summed E-state index contributed by atoms with van der Waals surface area (Å²) in [7, 11) is 0. The van der Waals surface area contributed by atoms with E-state index >= 15 is 0 Å². The molecule has 0 radical (unpaired) electrons. The molecule has 2 nitrogen and oxygen atoms in total. The second-order valence-corrected chi connectivity index (χ2v) is 5.37. The summed E-state index contributed by atoms with van der Waals surface area (Å²) in [6, 6.07) is 10.5. The van der Waals surface area contributed by atoms with Crippen molar-refractivity contribution < 1.29 is 4.79 Å². The van der Waals surface area contributed by atoms with E-state index in [1.54, 1.807) is 24.3 Å². The van der Waals surface area contributed by atoms with Crippen molar-refractivity contribution in [2.24, 2.45) is 0 Å². The van der Waals surface area contributed by atoms with Crippen molar-refractivity contribution in [2.75, 3.05) is 5.73 Å². The standard InChI is InChI=1S/C14H11BrClNO/c1-8-6-11(16)7-12(13(8)17)14(18)9-2-4-10(15)5-3-9/h2-7H,17H2,1H3. The quantitative estimate of drug-likeness (QED) is 0.664. The molecular weight excluding hydrogens is 314 g/mol. The van der Waals surface area contributed by atoms with Gasteiger partial charge in [-0.1, -0.05) is 27.5 Å². The molecule has 4 heteroatoms. The maximum atomic E-state index is 12.3. The van der Waals surface area contributed by atoms with Crippen LogP contribution in [0, 0.1) is 6.92 Å². The van der Waals surface area contributed by atoms with E-state index in [4.69, 9.17) is 17.3 Å². The normalized spacial score (nSPS) is 10.4. The first-order valence-corrected chi connectivity index (χ1v) is 6.52. The number of carbonyl (C=O) groups excluding carboxylic acids is 1. The lowest BCUT2D eigenvalue weighted by atomic mass is 9.99. The molecule has 0 aliphatic rings. The molecule has 0 heterocycles. The third-order valence-electron chi connectivity index (χ3n) is 2.70. The maximum absolute atomic E-state index is 12.3. The van der Waals surface area contributed by atoms with E-state index in [0.29, 0.717) is 21.8 Å². The lowest BCUT2D eigenvalue weighted by Gasteiger charge is -2.08. The summed E-state index contributed by atoms with van der Waals surface area (Å²) in [4.78, 5) is 12.3. The van der Waals surface area contributed by atoms with Crippen molar-refractivity contribution in [1.82, 2.24) is 0 Å². The monoisotopic (exact) mass is 323 g/mol. The van der Waals surface area contributed by atoms with E-state index in [-0.39, 0.29) is 5.78 Å². The molecule has 92 valence electrons. The van der Waals surface area contributed by atoms with Crippen LogP contribution in [-0.2, 0) is 0 Å². The minimum Gasteiger partial charge on any atom is -0.398 e. The molecule has 0 saturated carbocycles. The van der Waals surface area contributed by atoms with Crippen LogP contribution in [0.4, 0.5) is 5.69 Å². The van der Waals surface area contributed by atoms with Gasteiger partial charge in [-0.25, -0.2) is 0 Å². The van der Waals surface area contributed by atoms with Gasteiger partial charge in [0.15, 0.2) is 5.78 Å². The largest absolute Gasteiger partial charge is 0.398 e. The van der Waals surface area contributed by atoms with Crippen LogP contribution in [0.3, 0.4) is 0 Å². The molecule has 0 saturated heterocycles. The van der Waals surface area contributed by atoms with Crippen LogP contribution in [0.2, 0.25) is 5.02 Å². The highest BCUT2D eigenvalue weighted by Gasteiger charge is 2.14. The van der Waals surface area contributed by atoms with Gasteiger partial charge in [-0.2, -0.15) is 0 Å². The Morgan fingerprint density at radius 3 is 2.44 bits per heavy atom. The van der Waals surface area contributed by atoms with E-state index < -0.39 is 0 Å². The summed E-state index contributed by atoms with van der Waals surface area (Å²) >= 11 is 9.29. The molecule has 0 atom stereocenters. The Hall–Kier alpha value is -1.32. The molecule has 0 aliphatic heterocycles. The number of benzene rings is 2. The van der Waals surface area contributed by atoms with Crippen molar-refractivity contribution in [2.45, 2.75) is 6.92 Å². The minimum absolute atomic E-state index is 0.120. The second kappa shape index (κ2) is 5.12. The van der Waals surface area contributed by atoms with Crippen molar-refractivity contribution in [1.29, 1.82) is 0 Å². The lowest BCUT2D eigenvalue weighted by molar-refractivity contribution is 0.103. The smallest absolute Gasteiger partial charge is 0.195 e. The lowest BCUT2D eigenvalue weighted by Crippen LogP contribution is -2.06. The van der Waals surface area contributed by atoms with Gasteiger partial charge in [-0.3, -0.25) is 4.79 Å². The van der Waals surface area contributed by atoms with Crippen molar-refractivity contribution in [3.63, 3.8) is 0 Å². The van der Waals surface area contributed by atoms with Crippen LogP contribution >= 0.6 is 27.5 Å². The minimum atomic E-state index is -0.120. The van der Waals surface area contributed by atoms with Gasteiger partial charge in [0, 0.05) is 26.3 Å². The van der Waals surface area contributed by atoms with E-state index in [1.165, 1.54) is 0 Å². The number of anilines is 1. The molecule has 2 aromatic carbocycles. The maximum Gasteiger partial charge on any atom is 0.195 e. The van der Waals surface area contributed by atoms with Gasteiger partial charge in [0.25, 0.3) is 0 Å². The number of ketones is 1. The molecule has 0 fully saturated rings. The van der Waals surface area contributed by atoms with Gasteiger partial charge in [0.2, 0.25) is 0 Å². The van der Waals surface area contributed by atoms with Crippen molar-refractivity contribution in [3.8, 4) is 0 Å². The highest BCUT2D eigenvalue weighted by Crippen LogP contribution is 2.25. The molecule has 0 aliphatic carbocycles. The first-order chi connectivity index (χ1) is 8.49. The van der Waals surface area contributed by atoms with Gasteiger partial charge in [0.1, 0.15) is 0 Å². The van der Waals surface area contributed by atoms with Crippen LogP contribution < -0.4 is 5.73 Å². The number of halogens is 2. The average molecular weight is 325 g/mol. The molecule has 2 rings (SSSR count). The second-order valence-electron chi connectivity index (χ2n) is 4.02. The molecule has 2 aromatic rings. The molecule has 0 unspecified atom stereocenters. The Balaban J connectivity index is 2.49. The summed E-state index contributed by atoms with van der Waals surface area (Å²) in [5, 5.41) is 0.516. The van der Waals surface area contributed by atoms with Gasteiger partial charge >= 0.3 is 0 Å². The first-order valence-electron chi connectivity index (χ1n) is 5.35. The number of nitrogen functional groups attached to an aromatic ring is 1. The van der Waals surface area contributed by atoms with Gasteiger partial charge in [-0.05, 0) is 48.9 Å². The summed E-state index contributed by atoms with van der Waals surface area (Å²) < 4.78 is 0.925. The van der Waals surface area contributed by atoms with E-state index in [9.17, 15) is 4.79 Å². The molecular formula is C14H11BrClNO. The summed E-state index contributed by atoms with van der Waals surface area (Å²) in [6.45, 7) is 1.83. The van der Waals surface area contributed by atoms with E-state index in [2.05, 4.69) is 15.9 Å². The number of hydrogen-bond acceptors (Lipinski definition) is 2. The SMILES string of the molecule is Cc1cc(Cl)cc(C(=O)c2ccc(Br)cc2)c1N. The fourth-order valence-electron chi connectivity index (χ4n) is 1.70. The fraction of sp³-hybridized carbons (Fsp3) is 0.0714. The number of hydrogen-bond donors (Lipinski definition) is 1. The Bertz CT molecular complexity index is 608. The summed E-state index contributed by atoms with van der Waals surface area (Å²) in [6.07, 6.45) is 0. The van der Waals surface area contributed by atoms with Gasteiger partial charge in [-0.15, -0.1) is 0 Å². The molecule has 2 N–H and O–H groups in total. The van der Waals surface area contributed by atoms with Crippen LogP contribution in [0.15, 0.2) is 40.9 Å². The zero-order valence-electron chi connectivity index (χ0n) is 9.71. The third kappa shape index (κ3) is 2.57. The van der Waals surface area contributed by atoms with E-state index in [0.717, 1.165) is 10.0 Å². The van der Waals surface area contributed by atoms with Crippen molar-refractivity contribution in [3.05, 3.63) is 62.6 Å².